The SMILES string of the molecule is CC1(C)c2cc(C3=Nc4oc5ccccc5c4C(C4=CC=C(C5CCc6cc7ccccc7cc6-c6ccc7ccccc7c65)NC4)N3)ccc2C2C=CC=CC21C. The highest BCUT2D eigenvalue weighted by atomic mass is 16.3. The minimum Gasteiger partial charge on any atom is -0.438 e. The van der Waals surface area contributed by atoms with Crippen molar-refractivity contribution in [3.63, 3.8) is 0 Å². The molecule has 12 rings (SSSR count). The first-order valence-corrected chi connectivity index (χ1v) is 20.9. The monoisotopic (exact) mass is 751 g/mol. The van der Waals surface area contributed by atoms with E-state index in [2.05, 4.69) is 177 Å². The third-order valence-electron chi connectivity index (χ3n) is 14.6. The second-order valence-corrected chi connectivity index (χ2v) is 17.7. The molecule has 7 aromatic rings. The second-order valence-electron chi connectivity index (χ2n) is 17.7. The highest BCUT2D eigenvalue weighted by Crippen LogP contribution is 2.61. The van der Waals surface area contributed by atoms with Crippen LogP contribution in [0.3, 0.4) is 0 Å². The van der Waals surface area contributed by atoms with Gasteiger partial charge in [0.15, 0.2) is 0 Å². The molecule has 0 fully saturated rings. The summed E-state index contributed by atoms with van der Waals surface area (Å²) in [4.78, 5) is 5.22. The van der Waals surface area contributed by atoms with E-state index in [1.807, 2.05) is 6.07 Å². The Bertz CT molecular complexity index is 3060. The van der Waals surface area contributed by atoms with E-state index in [4.69, 9.17) is 9.41 Å². The van der Waals surface area contributed by atoms with Crippen molar-refractivity contribution in [1.82, 2.24) is 10.6 Å². The van der Waals surface area contributed by atoms with Crippen molar-refractivity contribution >= 4 is 44.2 Å². The molecule has 4 nitrogen and oxygen atoms in total. The lowest BCUT2D eigenvalue weighted by Gasteiger charge is -2.41. The Kier molecular flexibility index (Phi) is 7.15. The van der Waals surface area contributed by atoms with Crippen LogP contribution in [0.25, 0.3) is 43.6 Å². The summed E-state index contributed by atoms with van der Waals surface area (Å²) >= 11 is 0. The minimum absolute atomic E-state index is 0.0165. The molecule has 1 aromatic heterocycles. The van der Waals surface area contributed by atoms with Crippen LogP contribution in [0.15, 0.2) is 172 Å². The van der Waals surface area contributed by atoms with Crippen molar-refractivity contribution in [3.8, 4) is 11.1 Å². The maximum atomic E-state index is 6.55. The van der Waals surface area contributed by atoms with Gasteiger partial charge in [-0.1, -0.05) is 148 Å². The maximum absolute atomic E-state index is 6.55. The van der Waals surface area contributed by atoms with Crippen LogP contribution in [-0.2, 0) is 11.8 Å². The van der Waals surface area contributed by atoms with Crippen LogP contribution in [0, 0.1) is 5.41 Å². The van der Waals surface area contributed by atoms with Crippen LogP contribution in [0.2, 0.25) is 0 Å². The summed E-state index contributed by atoms with van der Waals surface area (Å²) in [7, 11) is 0. The van der Waals surface area contributed by atoms with Crippen LogP contribution < -0.4 is 10.6 Å². The molecule has 4 atom stereocenters. The molecule has 0 saturated carbocycles. The van der Waals surface area contributed by atoms with Gasteiger partial charge in [-0.25, -0.2) is 0 Å². The van der Waals surface area contributed by atoms with Crippen molar-refractivity contribution in [1.29, 1.82) is 0 Å². The van der Waals surface area contributed by atoms with Gasteiger partial charge in [-0.15, -0.1) is 0 Å². The highest BCUT2D eigenvalue weighted by Gasteiger charge is 2.53. The maximum Gasteiger partial charge on any atom is 0.227 e. The van der Waals surface area contributed by atoms with Crippen molar-refractivity contribution in [2.75, 3.05) is 6.54 Å². The molecule has 2 N–H and O–H groups in total. The van der Waals surface area contributed by atoms with E-state index in [0.29, 0.717) is 11.8 Å². The van der Waals surface area contributed by atoms with Crippen LogP contribution in [0.5, 0.6) is 0 Å². The van der Waals surface area contributed by atoms with Gasteiger partial charge in [0.2, 0.25) is 5.88 Å². The Morgan fingerprint density at radius 1 is 0.724 bits per heavy atom. The van der Waals surface area contributed by atoms with E-state index in [-0.39, 0.29) is 22.8 Å². The number of fused-ring (bicyclic) bond motifs is 12. The largest absolute Gasteiger partial charge is 0.438 e. The van der Waals surface area contributed by atoms with Crippen LogP contribution in [0.4, 0.5) is 5.88 Å². The number of rotatable bonds is 3. The molecule has 0 radical (unpaired) electrons. The van der Waals surface area contributed by atoms with E-state index in [1.54, 1.807) is 0 Å². The van der Waals surface area contributed by atoms with Gasteiger partial charge in [-0.05, 0) is 103 Å². The van der Waals surface area contributed by atoms with Gasteiger partial charge in [-0.3, -0.25) is 0 Å². The van der Waals surface area contributed by atoms with Crippen LogP contribution in [-0.4, -0.2) is 12.4 Å². The summed E-state index contributed by atoms with van der Waals surface area (Å²) in [6, 6.07) is 42.5. The highest BCUT2D eigenvalue weighted by molar-refractivity contribution is 6.04. The molecule has 0 saturated heterocycles. The summed E-state index contributed by atoms with van der Waals surface area (Å²) in [6.45, 7) is 7.92. The lowest BCUT2D eigenvalue weighted by molar-refractivity contribution is 0.244. The number of nitrogens with one attached hydrogen (secondary N) is 2. The molecule has 6 aromatic carbocycles. The van der Waals surface area contributed by atoms with Crippen LogP contribution in [0.1, 0.15) is 78.5 Å². The van der Waals surface area contributed by atoms with Gasteiger partial charge in [0.1, 0.15) is 11.4 Å². The number of aryl methyl sites for hydroxylation is 1. The molecule has 2 aliphatic heterocycles. The van der Waals surface area contributed by atoms with Gasteiger partial charge in [0, 0.05) is 40.4 Å². The average Bonchev–Trinajstić information content (AvgIpc) is 3.65. The van der Waals surface area contributed by atoms with E-state index < -0.39 is 0 Å². The number of furan rings is 1. The number of para-hydroxylation sites is 1. The van der Waals surface area contributed by atoms with E-state index in [1.165, 1.54) is 66.2 Å². The number of aliphatic imine (C=N–C) groups is 1. The molecule has 58 heavy (non-hydrogen) atoms. The average molecular weight is 752 g/mol. The molecule has 3 heterocycles. The zero-order valence-electron chi connectivity index (χ0n) is 33.1. The first kappa shape index (κ1) is 33.7. The summed E-state index contributed by atoms with van der Waals surface area (Å²) in [5, 5.41) is 14.3. The molecule has 0 amide bonds. The molecule has 3 aliphatic carbocycles. The third-order valence-corrected chi connectivity index (χ3v) is 14.6. The predicted octanol–water partition coefficient (Wildman–Crippen LogP) is 12.8. The predicted molar refractivity (Wildman–Crippen MR) is 239 cm³/mol. The first-order valence-electron chi connectivity index (χ1n) is 20.9. The Morgan fingerprint density at radius 2 is 1.52 bits per heavy atom. The number of hydrogen-bond acceptors (Lipinski definition) is 4. The topological polar surface area (TPSA) is 49.6 Å². The first-order chi connectivity index (χ1) is 28.4. The molecular formula is C54H45N3O. The molecule has 0 spiro atoms. The second kappa shape index (κ2) is 12.3. The molecular weight excluding hydrogens is 707 g/mol. The lowest BCUT2D eigenvalue weighted by Crippen LogP contribution is -2.37. The summed E-state index contributed by atoms with van der Waals surface area (Å²) in [5.74, 6) is 2.13. The van der Waals surface area contributed by atoms with Gasteiger partial charge < -0.3 is 15.1 Å². The standard InChI is InChI=1S/C54H45N3O/c1-53(2)45-30-36(21-24-40(45)44-17-10-11-27-54(44,53)3)51-56-50(49-42-16-8-9-18-47(42)58-52(49)57-51)37-22-26-46(55-31-37)41-25-20-35-28-33-13-4-5-14-34(33)29-43(35)39-23-19-32-12-6-7-15-38(32)48(39)41/h4-19,21-24,26-30,41,44,50,55H,20,25,31H2,1-3H3,(H,56,57). The van der Waals surface area contributed by atoms with E-state index >= 15 is 0 Å². The molecule has 4 unspecified atom stereocenters. The quantitative estimate of drug-likeness (QED) is 0.189. The fourth-order valence-electron chi connectivity index (χ4n) is 11.1. The number of hydrogen-bond donors (Lipinski definition) is 2. The number of nitrogens with zero attached hydrogens (tertiary/aromatic N) is 1. The Hall–Kier alpha value is -6.39. The van der Waals surface area contributed by atoms with E-state index in [9.17, 15) is 0 Å². The lowest BCUT2D eigenvalue weighted by atomic mass is 9.62. The fourth-order valence-corrected chi connectivity index (χ4v) is 11.1. The Labute approximate surface area is 339 Å². The summed E-state index contributed by atoms with van der Waals surface area (Å²) in [6.07, 6.45) is 16.0. The molecule has 282 valence electrons. The van der Waals surface area contributed by atoms with Crippen molar-refractivity contribution < 1.29 is 4.42 Å². The molecule has 0 bridgehead atoms. The summed E-state index contributed by atoms with van der Waals surface area (Å²) in [5.41, 5.74) is 13.9. The minimum atomic E-state index is -0.109. The fraction of sp³-hybridized carbons (Fsp3) is 0.204. The number of allylic oxidation sites excluding steroid dienone is 7. The van der Waals surface area contributed by atoms with Gasteiger partial charge in [0.25, 0.3) is 0 Å². The number of amidine groups is 1. The zero-order valence-corrected chi connectivity index (χ0v) is 33.1. The normalized spacial score (nSPS) is 23.7. The van der Waals surface area contributed by atoms with Crippen molar-refractivity contribution in [2.24, 2.45) is 10.4 Å². The smallest absolute Gasteiger partial charge is 0.227 e. The molecule has 5 aliphatic rings. The number of dihydropyridines is 1. The van der Waals surface area contributed by atoms with Gasteiger partial charge in [0.05, 0.1) is 11.6 Å². The van der Waals surface area contributed by atoms with Gasteiger partial charge in [-0.2, -0.15) is 4.99 Å². The van der Waals surface area contributed by atoms with Crippen molar-refractivity contribution in [3.05, 3.63) is 196 Å². The van der Waals surface area contributed by atoms with Gasteiger partial charge >= 0.3 is 0 Å². The Morgan fingerprint density at radius 3 is 2.36 bits per heavy atom. The summed E-state index contributed by atoms with van der Waals surface area (Å²) < 4.78 is 6.55. The van der Waals surface area contributed by atoms with E-state index in [0.717, 1.165) is 47.3 Å². The molecule has 4 heteroatoms. The number of benzene rings is 6. The van der Waals surface area contributed by atoms with Crippen LogP contribution >= 0.6 is 0 Å². The zero-order chi connectivity index (χ0) is 38.8. The van der Waals surface area contributed by atoms with Crippen molar-refractivity contribution in [2.45, 2.75) is 56.9 Å². The Balaban J connectivity index is 0.951. The third kappa shape index (κ3) is 4.78.